The van der Waals surface area contributed by atoms with Crippen molar-refractivity contribution in [3.63, 3.8) is 0 Å². The molecule has 1 aliphatic rings. The van der Waals surface area contributed by atoms with Gasteiger partial charge in [-0.05, 0) is 37.8 Å². The van der Waals surface area contributed by atoms with Gasteiger partial charge in [-0.15, -0.1) is 0 Å². The van der Waals surface area contributed by atoms with Crippen LogP contribution in [0.25, 0.3) is 5.65 Å². The fourth-order valence-corrected chi connectivity index (χ4v) is 3.68. The third-order valence-electron chi connectivity index (χ3n) is 4.05. The van der Waals surface area contributed by atoms with E-state index in [0.717, 1.165) is 23.6 Å². The number of hydrogen-bond acceptors (Lipinski definition) is 2. The van der Waals surface area contributed by atoms with Gasteiger partial charge in [0.25, 0.3) is 0 Å². The molecule has 3 nitrogen and oxygen atoms in total. The minimum absolute atomic E-state index is 0.00909. The second-order valence-electron chi connectivity index (χ2n) is 8.32. The molecule has 0 radical (unpaired) electrons. The van der Waals surface area contributed by atoms with Crippen molar-refractivity contribution < 1.29 is 0 Å². The molecule has 0 atom stereocenters. The molecule has 0 fully saturated rings. The molecule has 0 spiro atoms. The van der Waals surface area contributed by atoms with Gasteiger partial charge in [0, 0.05) is 17.7 Å². The van der Waals surface area contributed by atoms with Crippen LogP contribution in [0.5, 0.6) is 0 Å². The van der Waals surface area contributed by atoms with E-state index in [-0.39, 0.29) is 16.9 Å². The lowest BCUT2D eigenvalue weighted by Crippen LogP contribution is -2.36. The van der Waals surface area contributed by atoms with Gasteiger partial charge in [-0.2, -0.15) is 0 Å². The number of nitrogens with one attached hydrogen (secondary N) is 1. The SMILES string of the molecule is CC(C)(C)CC(C)(C)Nc1c(C2C=CC=C2)nc2ccccn12. The molecule has 0 bridgehead atoms. The van der Waals surface area contributed by atoms with Crippen molar-refractivity contribution in [2.45, 2.75) is 52.5 Å². The van der Waals surface area contributed by atoms with E-state index in [1.807, 2.05) is 6.07 Å². The minimum atomic E-state index is -0.00909. The van der Waals surface area contributed by atoms with Gasteiger partial charge in [-0.3, -0.25) is 4.40 Å². The molecular formula is C20H27N3. The quantitative estimate of drug-likeness (QED) is 0.844. The van der Waals surface area contributed by atoms with Crippen LogP contribution in [-0.4, -0.2) is 14.9 Å². The fourth-order valence-electron chi connectivity index (χ4n) is 3.68. The first kappa shape index (κ1) is 15.9. The molecule has 0 saturated heterocycles. The molecule has 2 aromatic rings. The van der Waals surface area contributed by atoms with E-state index in [1.54, 1.807) is 0 Å². The summed E-state index contributed by atoms with van der Waals surface area (Å²) in [6.07, 6.45) is 11.8. The zero-order valence-electron chi connectivity index (χ0n) is 14.8. The van der Waals surface area contributed by atoms with Crippen LogP contribution in [0.3, 0.4) is 0 Å². The van der Waals surface area contributed by atoms with E-state index in [2.05, 4.69) is 87.0 Å². The Hall–Kier alpha value is -2.03. The molecular weight excluding hydrogens is 282 g/mol. The molecule has 0 aromatic carbocycles. The maximum absolute atomic E-state index is 4.87. The lowest BCUT2D eigenvalue weighted by Gasteiger charge is -2.34. The predicted molar refractivity (Wildman–Crippen MR) is 98.0 cm³/mol. The number of fused-ring (bicyclic) bond motifs is 1. The molecule has 122 valence electrons. The summed E-state index contributed by atoms with van der Waals surface area (Å²) < 4.78 is 2.17. The number of pyridine rings is 1. The van der Waals surface area contributed by atoms with Gasteiger partial charge in [0.2, 0.25) is 0 Å². The highest BCUT2D eigenvalue weighted by Crippen LogP contribution is 2.34. The second-order valence-corrected chi connectivity index (χ2v) is 8.32. The van der Waals surface area contributed by atoms with Gasteiger partial charge in [0.05, 0.1) is 5.69 Å². The Kier molecular flexibility index (Phi) is 3.83. The van der Waals surface area contributed by atoms with E-state index >= 15 is 0 Å². The largest absolute Gasteiger partial charge is 0.365 e. The van der Waals surface area contributed by atoms with Crippen molar-refractivity contribution in [1.82, 2.24) is 9.38 Å². The standard InChI is InChI=1S/C20H27N3/c1-19(2,3)14-20(4,5)22-18-17(15-10-6-7-11-15)21-16-12-8-9-13-23(16)18/h6-13,15,22H,14H2,1-5H3. The highest BCUT2D eigenvalue weighted by Gasteiger charge is 2.28. The van der Waals surface area contributed by atoms with Crippen LogP contribution in [0.4, 0.5) is 5.82 Å². The van der Waals surface area contributed by atoms with Gasteiger partial charge < -0.3 is 5.32 Å². The molecule has 3 heteroatoms. The Balaban J connectivity index is 2.03. The Morgan fingerprint density at radius 3 is 2.43 bits per heavy atom. The molecule has 2 aromatic heterocycles. The average Bonchev–Trinajstić information content (AvgIpc) is 3.03. The van der Waals surface area contributed by atoms with Crippen molar-refractivity contribution in [3.8, 4) is 0 Å². The van der Waals surface area contributed by atoms with Gasteiger partial charge in [-0.1, -0.05) is 51.1 Å². The average molecular weight is 309 g/mol. The highest BCUT2D eigenvalue weighted by atomic mass is 15.2. The minimum Gasteiger partial charge on any atom is -0.365 e. The summed E-state index contributed by atoms with van der Waals surface area (Å²) in [5, 5.41) is 3.78. The second kappa shape index (κ2) is 5.55. The number of anilines is 1. The third kappa shape index (κ3) is 3.49. The fraction of sp³-hybridized carbons (Fsp3) is 0.450. The van der Waals surface area contributed by atoms with Crippen molar-refractivity contribution >= 4 is 11.5 Å². The maximum atomic E-state index is 4.87. The van der Waals surface area contributed by atoms with E-state index < -0.39 is 0 Å². The van der Waals surface area contributed by atoms with Crippen LogP contribution in [-0.2, 0) is 0 Å². The summed E-state index contributed by atoms with van der Waals surface area (Å²) in [7, 11) is 0. The highest BCUT2D eigenvalue weighted by molar-refractivity contribution is 5.59. The van der Waals surface area contributed by atoms with Gasteiger partial charge in [0.15, 0.2) is 0 Å². The van der Waals surface area contributed by atoms with Crippen molar-refractivity contribution in [2.24, 2.45) is 5.41 Å². The summed E-state index contributed by atoms with van der Waals surface area (Å²) in [5.74, 6) is 1.36. The number of allylic oxidation sites excluding steroid dienone is 4. The van der Waals surface area contributed by atoms with Crippen LogP contribution < -0.4 is 5.32 Å². The summed E-state index contributed by atoms with van der Waals surface area (Å²) >= 11 is 0. The predicted octanol–water partition coefficient (Wildman–Crippen LogP) is 5.17. The first-order valence-electron chi connectivity index (χ1n) is 8.35. The van der Waals surface area contributed by atoms with Crippen molar-refractivity contribution in [1.29, 1.82) is 0 Å². The normalized spacial score (nSPS) is 15.7. The van der Waals surface area contributed by atoms with Crippen LogP contribution in [0, 0.1) is 5.41 Å². The number of imidazole rings is 1. The summed E-state index contributed by atoms with van der Waals surface area (Å²) in [6.45, 7) is 11.4. The molecule has 1 aliphatic carbocycles. The molecule has 0 unspecified atom stereocenters. The Bertz CT molecular complexity index is 745. The third-order valence-corrected chi connectivity index (χ3v) is 4.05. The molecule has 0 aliphatic heterocycles. The topological polar surface area (TPSA) is 29.3 Å². The Morgan fingerprint density at radius 1 is 1.09 bits per heavy atom. The first-order valence-corrected chi connectivity index (χ1v) is 8.35. The van der Waals surface area contributed by atoms with E-state index in [4.69, 9.17) is 4.98 Å². The van der Waals surface area contributed by atoms with Crippen LogP contribution >= 0.6 is 0 Å². The van der Waals surface area contributed by atoms with E-state index in [0.29, 0.717) is 0 Å². The molecule has 3 rings (SSSR count). The Morgan fingerprint density at radius 2 is 1.78 bits per heavy atom. The van der Waals surface area contributed by atoms with Gasteiger partial charge >= 0.3 is 0 Å². The van der Waals surface area contributed by atoms with Crippen LogP contribution in [0.1, 0.15) is 52.7 Å². The summed E-state index contributed by atoms with van der Waals surface area (Å²) in [6, 6.07) is 6.16. The molecule has 23 heavy (non-hydrogen) atoms. The smallest absolute Gasteiger partial charge is 0.138 e. The zero-order valence-corrected chi connectivity index (χ0v) is 14.8. The Labute approximate surface area is 139 Å². The number of aromatic nitrogens is 2. The van der Waals surface area contributed by atoms with E-state index in [9.17, 15) is 0 Å². The number of rotatable bonds is 4. The molecule has 1 N–H and O–H groups in total. The maximum Gasteiger partial charge on any atom is 0.138 e. The summed E-state index contributed by atoms with van der Waals surface area (Å²) in [5.41, 5.74) is 2.35. The van der Waals surface area contributed by atoms with Gasteiger partial charge in [-0.25, -0.2) is 4.98 Å². The molecule has 2 heterocycles. The van der Waals surface area contributed by atoms with Gasteiger partial charge in [0.1, 0.15) is 11.5 Å². The summed E-state index contributed by atoms with van der Waals surface area (Å²) in [4.78, 5) is 4.87. The van der Waals surface area contributed by atoms with E-state index in [1.165, 1.54) is 0 Å². The zero-order chi connectivity index (χ0) is 16.7. The first-order chi connectivity index (χ1) is 10.8. The van der Waals surface area contributed by atoms with Crippen molar-refractivity contribution in [3.05, 3.63) is 54.4 Å². The van der Waals surface area contributed by atoms with Crippen LogP contribution in [0.2, 0.25) is 0 Å². The number of hydrogen-bond donors (Lipinski definition) is 1. The van der Waals surface area contributed by atoms with Crippen molar-refractivity contribution in [2.75, 3.05) is 5.32 Å². The van der Waals surface area contributed by atoms with Crippen LogP contribution in [0.15, 0.2) is 48.7 Å². The molecule has 0 saturated carbocycles. The number of nitrogens with zero attached hydrogens (tertiary/aromatic N) is 2. The monoisotopic (exact) mass is 309 g/mol. The lowest BCUT2D eigenvalue weighted by molar-refractivity contribution is 0.302. The lowest BCUT2D eigenvalue weighted by atomic mass is 9.81. The molecule has 0 amide bonds.